The second kappa shape index (κ2) is 7.08. The number of rotatable bonds is 4. The van der Waals surface area contributed by atoms with Gasteiger partial charge in [-0.05, 0) is 76.4 Å². The van der Waals surface area contributed by atoms with Gasteiger partial charge < -0.3 is 10.2 Å². The first-order valence-corrected chi connectivity index (χ1v) is 8.56. The monoisotopic (exact) mass is 266 g/mol. The highest BCUT2D eigenvalue weighted by atomic mass is 15.1. The van der Waals surface area contributed by atoms with E-state index in [1.54, 1.807) is 0 Å². The van der Waals surface area contributed by atoms with Crippen molar-refractivity contribution >= 4 is 0 Å². The zero-order valence-electron chi connectivity index (χ0n) is 13.5. The van der Waals surface area contributed by atoms with Crippen LogP contribution in [0.1, 0.15) is 59.8 Å². The van der Waals surface area contributed by atoms with Gasteiger partial charge >= 0.3 is 0 Å². The fourth-order valence-electron chi connectivity index (χ4n) is 4.36. The van der Waals surface area contributed by atoms with Crippen LogP contribution in [-0.2, 0) is 0 Å². The van der Waals surface area contributed by atoms with E-state index in [2.05, 4.69) is 37.9 Å². The van der Waals surface area contributed by atoms with Gasteiger partial charge in [0.25, 0.3) is 0 Å². The van der Waals surface area contributed by atoms with Crippen LogP contribution in [0, 0.1) is 17.8 Å². The van der Waals surface area contributed by atoms with E-state index in [0.29, 0.717) is 6.04 Å². The Morgan fingerprint density at radius 3 is 2.16 bits per heavy atom. The lowest BCUT2D eigenvalue weighted by Gasteiger charge is -2.39. The Labute approximate surface area is 120 Å². The predicted octanol–water partition coefficient (Wildman–Crippen LogP) is 3.52. The molecule has 0 aromatic rings. The number of hydrogen-bond donors (Lipinski definition) is 1. The minimum absolute atomic E-state index is 0.710. The summed E-state index contributed by atoms with van der Waals surface area (Å²) in [7, 11) is 0. The van der Waals surface area contributed by atoms with Gasteiger partial charge in [-0.1, -0.05) is 20.8 Å². The summed E-state index contributed by atoms with van der Waals surface area (Å²) in [6.07, 6.45) is 6.99. The van der Waals surface area contributed by atoms with E-state index in [1.807, 2.05) is 0 Å². The molecule has 0 amide bonds. The van der Waals surface area contributed by atoms with Gasteiger partial charge in [0, 0.05) is 12.1 Å². The molecule has 2 rings (SSSR count). The van der Waals surface area contributed by atoms with Crippen molar-refractivity contribution in [1.29, 1.82) is 0 Å². The van der Waals surface area contributed by atoms with Crippen molar-refractivity contribution in [3.8, 4) is 0 Å². The van der Waals surface area contributed by atoms with E-state index < -0.39 is 0 Å². The first-order chi connectivity index (χ1) is 9.08. The molecule has 1 aliphatic heterocycles. The summed E-state index contributed by atoms with van der Waals surface area (Å²) in [5.74, 6) is 2.72. The van der Waals surface area contributed by atoms with E-state index in [0.717, 1.165) is 23.8 Å². The molecule has 3 atom stereocenters. The van der Waals surface area contributed by atoms with Gasteiger partial charge in [0.15, 0.2) is 0 Å². The fourth-order valence-corrected chi connectivity index (χ4v) is 4.36. The van der Waals surface area contributed by atoms with Gasteiger partial charge in [0.1, 0.15) is 0 Å². The Morgan fingerprint density at radius 2 is 1.63 bits per heavy atom. The molecule has 19 heavy (non-hydrogen) atoms. The third-order valence-electron chi connectivity index (χ3n) is 5.46. The molecular formula is C17H34N2. The molecule has 2 heteroatoms. The van der Waals surface area contributed by atoms with Crippen molar-refractivity contribution in [3.63, 3.8) is 0 Å². The van der Waals surface area contributed by atoms with Crippen LogP contribution in [0.25, 0.3) is 0 Å². The second-order valence-electron chi connectivity index (χ2n) is 7.34. The third-order valence-corrected chi connectivity index (χ3v) is 5.46. The maximum absolute atomic E-state index is 3.96. The molecule has 2 aliphatic rings. The SMILES string of the molecule is CCN1CCC(C(C)NC2CC(C)CC(C)C2)CC1. The summed E-state index contributed by atoms with van der Waals surface area (Å²) in [5.41, 5.74) is 0. The molecule has 1 N–H and O–H groups in total. The van der Waals surface area contributed by atoms with E-state index in [1.165, 1.54) is 51.7 Å². The van der Waals surface area contributed by atoms with Gasteiger partial charge in [0.05, 0.1) is 0 Å². The number of nitrogens with zero attached hydrogens (tertiary/aromatic N) is 1. The standard InChI is InChI=1S/C17H34N2/c1-5-19-8-6-16(7-9-19)15(4)18-17-11-13(2)10-14(3)12-17/h13-18H,5-12H2,1-4H3. The van der Waals surface area contributed by atoms with E-state index in [-0.39, 0.29) is 0 Å². The lowest BCUT2D eigenvalue weighted by atomic mass is 9.79. The Hall–Kier alpha value is -0.0800. The molecule has 2 fully saturated rings. The molecule has 0 bridgehead atoms. The molecular weight excluding hydrogens is 232 g/mol. The Bertz CT molecular complexity index is 248. The summed E-state index contributed by atoms with van der Waals surface area (Å²) in [4.78, 5) is 2.59. The van der Waals surface area contributed by atoms with Crippen LogP contribution >= 0.6 is 0 Å². The lowest BCUT2D eigenvalue weighted by Crippen LogP contribution is -2.47. The van der Waals surface area contributed by atoms with Crippen molar-refractivity contribution in [1.82, 2.24) is 10.2 Å². The fraction of sp³-hybridized carbons (Fsp3) is 1.00. The highest BCUT2D eigenvalue weighted by Crippen LogP contribution is 2.30. The van der Waals surface area contributed by atoms with Crippen LogP contribution in [0.3, 0.4) is 0 Å². The number of hydrogen-bond acceptors (Lipinski definition) is 2. The minimum atomic E-state index is 0.710. The largest absolute Gasteiger partial charge is 0.311 e. The first kappa shape index (κ1) is 15.3. The molecule has 1 aliphatic carbocycles. The third kappa shape index (κ3) is 4.46. The van der Waals surface area contributed by atoms with Crippen molar-refractivity contribution < 1.29 is 0 Å². The van der Waals surface area contributed by atoms with Crippen LogP contribution in [0.4, 0.5) is 0 Å². The van der Waals surface area contributed by atoms with Crippen molar-refractivity contribution in [2.24, 2.45) is 17.8 Å². The number of piperidine rings is 1. The number of nitrogens with one attached hydrogen (secondary N) is 1. The molecule has 1 saturated heterocycles. The van der Waals surface area contributed by atoms with Gasteiger partial charge in [-0.3, -0.25) is 0 Å². The highest BCUT2D eigenvalue weighted by Gasteiger charge is 2.28. The molecule has 112 valence electrons. The summed E-state index contributed by atoms with van der Waals surface area (Å²) in [5, 5.41) is 3.96. The van der Waals surface area contributed by atoms with Gasteiger partial charge in [-0.25, -0.2) is 0 Å². The zero-order chi connectivity index (χ0) is 13.8. The molecule has 0 radical (unpaired) electrons. The molecule has 1 saturated carbocycles. The average molecular weight is 266 g/mol. The van der Waals surface area contributed by atoms with Gasteiger partial charge in [0.2, 0.25) is 0 Å². The normalized spacial score (nSPS) is 36.3. The summed E-state index contributed by atoms with van der Waals surface area (Å²) in [6.45, 7) is 13.4. The summed E-state index contributed by atoms with van der Waals surface area (Å²) >= 11 is 0. The number of likely N-dealkylation sites (tertiary alicyclic amines) is 1. The maximum Gasteiger partial charge on any atom is 0.00747 e. The quantitative estimate of drug-likeness (QED) is 0.837. The smallest absolute Gasteiger partial charge is 0.00747 e. The maximum atomic E-state index is 3.96. The predicted molar refractivity (Wildman–Crippen MR) is 83.4 cm³/mol. The van der Waals surface area contributed by atoms with Crippen LogP contribution < -0.4 is 5.32 Å². The Morgan fingerprint density at radius 1 is 1.05 bits per heavy atom. The topological polar surface area (TPSA) is 15.3 Å². The molecule has 3 unspecified atom stereocenters. The van der Waals surface area contributed by atoms with Crippen molar-refractivity contribution in [2.75, 3.05) is 19.6 Å². The average Bonchev–Trinajstić information content (AvgIpc) is 2.37. The van der Waals surface area contributed by atoms with Crippen molar-refractivity contribution in [3.05, 3.63) is 0 Å². The van der Waals surface area contributed by atoms with Crippen LogP contribution in [0.5, 0.6) is 0 Å². The van der Waals surface area contributed by atoms with Crippen LogP contribution in [-0.4, -0.2) is 36.6 Å². The summed E-state index contributed by atoms with van der Waals surface area (Å²) in [6, 6.07) is 1.49. The minimum Gasteiger partial charge on any atom is -0.311 e. The molecule has 0 aromatic heterocycles. The lowest BCUT2D eigenvalue weighted by molar-refractivity contribution is 0.150. The first-order valence-electron chi connectivity index (χ1n) is 8.56. The van der Waals surface area contributed by atoms with Gasteiger partial charge in [-0.15, -0.1) is 0 Å². The molecule has 1 heterocycles. The molecule has 0 spiro atoms. The summed E-state index contributed by atoms with van der Waals surface area (Å²) < 4.78 is 0. The Kier molecular flexibility index (Phi) is 5.70. The Balaban J connectivity index is 1.76. The van der Waals surface area contributed by atoms with E-state index in [9.17, 15) is 0 Å². The van der Waals surface area contributed by atoms with E-state index >= 15 is 0 Å². The molecule has 0 aromatic carbocycles. The second-order valence-corrected chi connectivity index (χ2v) is 7.34. The van der Waals surface area contributed by atoms with Crippen molar-refractivity contribution in [2.45, 2.75) is 71.9 Å². The highest BCUT2D eigenvalue weighted by molar-refractivity contribution is 4.85. The zero-order valence-corrected chi connectivity index (χ0v) is 13.5. The van der Waals surface area contributed by atoms with E-state index in [4.69, 9.17) is 0 Å². The van der Waals surface area contributed by atoms with Gasteiger partial charge in [-0.2, -0.15) is 0 Å². The van der Waals surface area contributed by atoms with Crippen LogP contribution in [0.2, 0.25) is 0 Å². The van der Waals surface area contributed by atoms with Crippen LogP contribution in [0.15, 0.2) is 0 Å². The molecule has 2 nitrogen and oxygen atoms in total.